The lowest BCUT2D eigenvalue weighted by Crippen LogP contribution is -2.45. The molecule has 0 amide bonds. The van der Waals surface area contributed by atoms with Crippen molar-refractivity contribution in [1.29, 1.82) is 10.8 Å². The monoisotopic (exact) mass is 196 g/mol. The summed E-state index contributed by atoms with van der Waals surface area (Å²) >= 11 is 0. The van der Waals surface area contributed by atoms with Crippen molar-refractivity contribution in [3.63, 3.8) is 0 Å². The van der Waals surface area contributed by atoms with Crippen LogP contribution in [0.15, 0.2) is 4.52 Å². The predicted octanol–water partition coefficient (Wildman–Crippen LogP) is -0.115. The molecule has 7 nitrogen and oxygen atoms in total. The number of rotatable bonds is 1. The van der Waals surface area contributed by atoms with Gasteiger partial charge in [0.15, 0.2) is 0 Å². The van der Waals surface area contributed by atoms with Gasteiger partial charge in [-0.05, 0) is 13.8 Å². The molecule has 1 heterocycles. The first-order chi connectivity index (χ1) is 6.45. The van der Waals surface area contributed by atoms with E-state index < -0.39 is 0 Å². The van der Waals surface area contributed by atoms with E-state index >= 15 is 0 Å². The highest BCUT2D eigenvalue weighted by atomic mass is 16.5. The summed E-state index contributed by atoms with van der Waals surface area (Å²) in [4.78, 5) is 0.968. The number of anilines is 1. The van der Waals surface area contributed by atoms with Crippen molar-refractivity contribution in [2.75, 3.05) is 4.90 Å². The van der Waals surface area contributed by atoms with Gasteiger partial charge in [-0.3, -0.25) is 10.8 Å². The largest absolute Gasteiger partial charge is 0.369 e. The maximum Gasteiger partial charge on any atom is 0.244 e. The Morgan fingerprint density at radius 1 is 1.29 bits per heavy atom. The third kappa shape index (κ3) is 1.51. The quantitative estimate of drug-likeness (QED) is 0.367. The minimum absolute atomic E-state index is 0.211. The van der Waals surface area contributed by atoms with Gasteiger partial charge in [-0.2, -0.15) is 0 Å². The first-order valence-corrected chi connectivity index (χ1v) is 3.86. The van der Waals surface area contributed by atoms with Gasteiger partial charge in [0.25, 0.3) is 0 Å². The van der Waals surface area contributed by atoms with E-state index in [1.807, 2.05) is 0 Å². The highest BCUT2D eigenvalue weighted by Gasteiger charge is 2.21. The van der Waals surface area contributed by atoms with Crippen LogP contribution in [0.1, 0.15) is 11.3 Å². The van der Waals surface area contributed by atoms with Gasteiger partial charge in [-0.1, -0.05) is 5.16 Å². The lowest BCUT2D eigenvalue weighted by molar-refractivity contribution is 0.424. The lowest BCUT2D eigenvalue weighted by Gasteiger charge is -2.16. The molecule has 0 unspecified atom stereocenters. The Labute approximate surface area is 80.7 Å². The van der Waals surface area contributed by atoms with Crippen molar-refractivity contribution in [1.82, 2.24) is 5.16 Å². The van der Waals surface area contributed by atoms with E-state index in [4.69, 9.17) is 26.8 Å². The zero-order valence-corrected chi connectivity index (χ0v) is 7.96. The summed E-state index contributed by atoms with van der Waals surface area (Å²) in [5.41, 5.74) is 11.9. The number of hydrogen-bond acceptors (Lipinski definition) is 4. The smallest absolute Gasteiger partial charge is 0.244 e. The molecule has 0 aliphatic rings. The van der Waals surface area contributed by atoms with Crippen LogP contribution < -0.4 is 16.4 Å². The third-order valence-electron chi connectivity index (χ3n) is 1.82. The van der Waals surface area contributed by atoms with Crippen LogP contribution in [0.2, 0.25) is 0 Å². The van der Waals surface area contributed by atoms with E-state index in [-0.39, 0.29) is 17.8 Å². The fourth-order valence-electron chi connectivity index (χ4n) is 0.960. The fourth-order valence-corrected chi connectivity index (χ4v) is 0.960. The van der Waals surface area contributed by atoms with Crippen LogP contribution >= 0.6 is 0 Å². The molecule has 0 bridgehead atoms. The average molecular weight is 196 g/mol. The lowest BCUT2D eigenvalue weighted by atomic mass is 10.3. The van der Waals surface area contributed by atoms with E-state index in [9.17, 15) is 0 Å². The molecular weight excluding hydrogens is 184 g/mol. The minimum atomic E-state index is -0.378. The molecule has 0 aliphatic heterocycles. The van der Waals surface area contributed by atoms with Crippen LogP contribution in [0.4, 0.5) is 5.88 Å². The van der Waals surface area contributed by atoms with Gasteiger partial charge in [-0.25, -0.2) is 4.90 Å². The van der Waals surface area contributed by atoms with Crippen LogP contribution in [-0.4, -0.2) is 17.1 Å². The number of hydrogen-bond donors (Lipinski definition) is 4. The van der Waals surface area contributed by atoms with Crippen molar-refractivity contribution in [2.24, 2.45) is 11.5 Å². The molecule has 0 aromatic carbocycles. The summed E-state index contributed by atoms with van der Waals surface area (Å²) in [5, 5.41) is 18.1. The second-order valence-electron chi connectivity index (χ2n) is 2.80. The topological polar surface area (TPSA) is 129 Å². The van der Waals surface area contributed by atoms with Gasteiger partial charge in [-0.15, -0.1) is 0 Å². The number of aryl methyl sites for hydroxylation is 1. The van der Waals surface area contributed by atoms with E-state index in [2.05, 4.69) is 5.16 Å². The van der Waals surface area contributed by atoms with Crippen LogP contribution in [0.5, 0.6) is 0 Å². The molecule has 0 atom stereocenters. The highest BCUT2D eigenvalue weighted by molar-refractivity contribution is 6.13. The second-order valence-corrected chi connectivity index (χ2v) is 2.80. The van der Waals surface area contributed by atoms with Gasteiger partial charge < -0.3 is 16.0 Å². The maximum absolute atomic E-state index is 7.22. The molecule has 0 saturated heterocycles. The standard InChI is InChI=1S/C7H12N6O/c1-3-4(2)12-14-5(3)13(6(8)9)7(10)11/h1-2H3,(H3,8,9)(H3,10,11). The molecule has 0 spiro atoms. The van der Waals surface area contributed by atoms with Crippen molar-refractivity contribution < 1.29 is 4.52 Å². The van der Waals surface area contributed by atoms with Gasteiger partial charge in [0, 0.05) is 5.56 Å². The van der Waals surface area contributed by atoms with Crippen LogP contribution in [-0.2, 0) is 0 Å². The third-order valence-corrected chi connectivity index (χ3v) is 1.82. The molecule has 7 heteroatoms. The molecular formula is C7H12N6O. The van der Waals surface area contributed by atoms with E-state index in [0.29, 0.717) is 11.3 Å². The van der Waals surface area contributed by atoms with Crippen molar-refractivity contribution in [3.8, 4) is 0 Å². The van der Waals surface area contributed by atoms with E-state index in [1.165, 1.54) is 0 Å². The normalized spacial score (nSPS) is 9.86. The Kier molecular flexibility index (Phi) is 2.41. The van der Waals surface area contributed by atoms with Gasteiger partial charge in [0.1, 0.15) is 0 Å². The molecule has 0 saturated carbocycles. The zero-order chi connectivity index (χ0) is 10.9. The molecule has 6 N–H and O–H groups in total. The summed E-state index contributed by atoms with van der Waals surface area (Å²) in [6.45, 7) is 3.50. The molecule has 0 aliphatic carbocycles. The van der Waals surface area contributed by atoms with E-state index in [0.717, 1.165) is 4.90 Å². The zero-order valence-electron chi connectivity index (χ0n) is 7.96. The van der Waals surface area contributed by atoms with Crippen LogP contribution in [0, 0.1) is 24.7 Å². The fraction of sp³-hybridized carbons (Fsp3) is 0.286. The number of nitrogens with zero attached hydrogens (tertiary/aromatic N) is 2. The van der Waals surface area contributed by atoms with Crippen molar-refractivity contribution in [2.45, 2.75) is 13.8 Å². The Morgan fingerprint density at radius 3 is 2.07 bits per heavy atom. The molecule has 1 rings (SSSR count). The Bertz CT molecular complexity index is 368. The molecule has 1 aromatic rings. The summed E-state index contributed by atoms with van der Waals surface area (Å²) in [7, 11) is 0. The summed E-state index contributed by atoms with van der Waals surface area (Å²) in [6.07, 6.45) is 0. The van der Waals surface area contributed by atoms with Crippen LogP contribution in [0.3, 0.4) is 0 Å². The summed E-state index contributed by atoms with van der Waals surface area (Å²) in [5.74, 6) is -0.545. The highest BCUT2D eigenvalue weighted by Crippen LogP contribution is 2.21. The first kappa shape index (κ1) is 10.0. The minimum Gasteiger partial charge on any atom is -0.369 e. The molecule has 0 radical (unpaired) electrons. The van der Waals surface area contributed by atoms with Crippen molar-refractivity contribution >= 4 is 17.8 Å². The first-order valence-electron chi connectivity index (χ1n) is 3.86. The van der Waals surface area contributed by atoms with Gasteiger partial charge in [0.05, 0.1) is 5.69 Å². The van der Waals surface area contributed by atoms with Gasteiger partial charge >= 0.3 is 0 Å². The Hall–Kier alpha value is -2.05. The SMILES string of the molecule is Cc1noc(N(C(=N)N)C(=N)N)c1C. The van der Waals surface area contributed by atoms with E-state index in [1.54, 1.807) is 13.8 Å². The predicted molar refractivity (Wildman–Crippen MR) is 52.3 cm³/mol. The maximum atomic E-state index is 7.22. The van der Waals surface area contributed by atoms with Gasteiger partial charge in [0.2, 0.25) is 17.8 Å². The number of nitrogens with one attached hydrogen (secondary N) is 2. The molecule has 1 aromatic heterocycles. The Morgan fingerprint density at radius 2 is 1.79 bits per heavy atom. The van der Waals surface area contributed by atoms with Crippen molar-refractivity contribution in [3.05, 3.63) is 11.3 Å². The second kappa shape index (κ2) is 3.36. The number of guanidine groups is 2. The summed E-state index contributed by atoms with van der Waals surface area (Å²) in [6, 6.07) is 0. The average Bonchev–Trinajstić information content (AvgIpc) is 2.35. The number of aromatic nitrogens is 1. The molecule has 76 valence electrons. The van der Waals surface area contributed by atoms with Crippen LogP contribution in [0.25, 0.3) is 0 Å². The Balaban J connectivity index is 3.18. The summed E-state index contributed by atoms with van der Waals surface area (Å²) < 4.78 is 4.91. The molecule has 14 heavy (non-hydrogen) atoms. The number of nitrogens with two attached hydrogens (primary N) is 2. The molecule has 0 fully saturated rings.